The van der Waals surface area contributed by atoms with E-state index in [2.05, 4.69) is 4.74 Å². The normalized spacial score (nSPS) is 11.2. The highest BCUT2D eigenvalue weighted by Gasteiger charge is 2.34. The Kier molecular flexibility index (Phi) is 3.41. The van der Waals surface area contributed by atoms with Gasteiger partial charge in [-0.1, -0.05) is 6.07 Å². The molecule has 3 nitrogen and oxygen atoms in total. The van der Waals surface area contributed by atoms with Gasteiger partial charge in [0.05, 0.1) is 19.1 Å². The van der Waals surface area contributed by atoms with Crippen LogP contribution >= 0.6 is 0 Å². The molecule has 1 rings (SSSR count). The zero-order valence-electron chi connectivity index (χ0n) is 8.34. The molecule has 1 N–H and O–H groups in total. The molecule has 0 heterocycles. The average Bonchev–Trinajstić information content (AvgIpc) is 2.14. The Morgan fingerprint density at radius 3 is 2.50 bits per heavy atom. The van der Waals surface area contributed by atoms with Gasteiger partial charge in [-0.05, 0) is 17.7 Å². The minimum atomic E-state index is -4.51. The molecule has 0 atom stereocenters. The van der Waals surface area contributed by atoms with Gasteiger partial charge >= 0.3 is 12.1 Å². The fraction of sp³-hybridized carbons (Fsp3) is 0.300. The van der Waals surface area contributed by atoms with Gasteiger partial charge in [-0.25, -0.2) is 0 Å². The van der Waals surface area contributed by atoms with Gasteiger partial charge in [0.2, 0.25) is 0 Å². The highest BCUT2D eigenvalue weighted by molar-refractivity contribution is 5.70. The fourth-order valence-corrected chi connectivity index (χ4v) is 1.25. The maximum Gasteiger partial charge on any atom is 0.419 e. The molecule has 16 heavy (non-hydrogen) atoms. The van der Waals surface area contributed by atoms with Gasteiger partial charge in [0, 0.05) is 0 Å². The first kappa shape index (κ1) is 12.4. The Balaban J connectivity index is 3.12. The van der Waals surface area contributed by atoms with Crippen molar-refractivity contribution in [2.24, 2.45) is 0 Å². The molecule has 0 fully saturated rings. The molecule has 0 amide bonds. The van der Waals surface area contributed by atoms with Gasteiger partial charge in [0.15, 0.2) is 0 Å². The summed E-state index contributed by atoms with van der Waals surface area (Å²) in [6.07, 6.45) is -4.85. The third-order valence-electron chi connectivity index (χ3n) is 1.93. The molecule has 0 aliphatic rings. The standard InChI is InChI=1S/C10H9F3O3/c1-16-8-4-6(5-9(14)15)2-3-7(8)10(11,12)13/h2-4H,5H2,1H3,(H,14,15). The van der Waals surface area contributed by atoms with Crippen LogP contribution in [0.25, 0.3) is 0 Å². The third-order valence-corrected chi connectivity index (χ3v) is 1.93. The molecule has 1 aromatic rings. The van der Waals surface area contributed by atoms with E-state index >= 15 is 0 Å². The van der Waals surface area contributed by atoms with Gasteiger partial charge in [-0.15, -0.1) is 0 Å². The number of ether oxygens (including phenoxy) is 1. The Morgan fingerprint density at radius 1 is 1.44 bits per heavy atom. The molecule has 0 radical (unpaired) electrons. The van der Waals surface area contributed by atoms with Crippen molar-refractivity contribution < 1.29 is 27.8 Å². The van der Waals surface area contributed by atoms with Crippen molar-refractivity contribution in [1.82, 2.24) is 0 Å². The van der Waals surface area contributed by atoms with E-state index in [9.17, 15) is 18.0 Å². The van der Waals surface area contributed by atoms with Crippen LogP contribution in [0.3, 0.4) is 0 Å². The van der Waals surface area contributed by atoms with Gasteiger partial charge in [0.1, 0.15) is 5.75 Å². The second-order valence-corrected chi connectivity index (χ2v) is 3.10. The number of carbonyl (C=O) groups is 1. The van der Waals surface area contributed by atoms with Crippen molar-refractivity contribution in [3.63, 3.8) is 0 Å². The summed E-state index contributed by atoms with van der Waals surface area (Å²) >= 11 is 0. The summed E-state index contributed by atoms with van der Waals surface area (Å²) in [6.45, 7) is 0. The predicted octanol–water partition coefficient (Wildman–Crippen LogP) is 2.34. The van der Waals surface area contributed by atoms with Gasteiger partial charge < -0.3 is 9.84 Å². The maximum absolute atomic E-state index is 12.4. The molecule has 1 aromatic carbocycles. The van der Waals surface area contributed by atoms with Crippen molar-refractivity contribution in [2.75, 3.05) is 7.11 Å². The maximum atomic E-state index is 12.4. The first-order chi connectivity index (χ1) is 7.34. The van der Waals surface area contributed by atoms with E-state index in [4.69, 9.17) is 5.11 Å². The largest absolute Gasteiger partial charge is 0.496 e. The summed E-state index contributed by atoms with van der Waals surface area (Å²) in [6, 6.07) is 3.02. The van der Waals surface area contributed by atoms with E-state index in [-0.39, 0.29) is 17.7 Å². The first-order valence-electron chi connectivity index (χ1n) is 4.30. The van der Waals surface area contributed by atoms with Gasteiger partial charge in [-0.2, -0.15) is 13.2 Å². The Bertz CT molecular complexity index is 399. The number of methoxy groups -OCH3 is 1. The van der Waals surface area contributed by atoms with Crippen LogP contribution in [0.4, 0.5) is 13.2 Å². The first-order valence-corrected chi connectivity index (χ1v) is 4.30. The van der Waals surface area contributed by atoms with E-state index in [1.165, 1.54) is 0 Å². The number of alkyl halides is 3. The van der Waals surface area contributed by atoms with E-state index in [1.807, 2.05) is 0 Å². The molecule has 0 spiro atoms. The van der Waals surface area contributed by atoms with Gasteiger partial charge in [-0.3, -0.25) is 4.79 Å². The number of halogens is 3. The number of benzene rings is 1. The van der Waals surface area contributed by atoms with Crippen molar-refractivity contribution >= 4 is 5.97 Å². The Labute approximate surface area is 89.5 Å². The molecule has 0 bridgehead atoms. The molecule has 0 aliphatic heterocycles. The number of hydrogen-bond donors (Lipinski definition) is 1. The molecule has 88 valence electrons. The smallest absolute Gasteiger partial charge is 0.419 e. The number of carboxylic acid groups (broad SMARTS) is 1. The summed E-state index contributed by atoms with van der Waals surface area (Å²) in [4.78, 5) is 10.4. The molecule has 6 heteroatoms. The molecule has 0 unspecified atom stereocenters. The van der Waals surface area contributed by atoms with Crippen LogP contribution in [0.5, 0.6) is 5.75 Å². The number of aliphatic carboxylic acids is 1. The second kappa shape index (κ2) is 4.42. The summed E-state index contributed by atoms with van der Waals surface area (Å²) < 4.78 is 41.9. The number of hydrogen-bond acceptors (Lipinski definition) is 2. The number of carboxylic acids is 1. The highest BCUT2D eigenvalue weighted by Crippen LogP contribution is 2.36. The molecular weight excluding hydrogens is 225 g/mol. The highest BCUT2D eigenvalue weighted by atomic mass is 19.4. The van der Waals surface area contributed by atoms with E-state index in [0.717, 1.165) is 25.3 Å². The third kappa shape index (κ3) is 2.88. The molecular formula is C10H9F3O3. The molecule has 0 saturated carbocycles. The van der Waals surface area contributed by atoms with Crippen molar-refractivity contribution in [2.45, 2.75) is 12.6 Å². The van der Waals surface area contributed by atoms with Crippen LogP contribution in [0, 0.1) is 0 Å². The zero-order chi connectivity index (χ0) is 12.3. The van der Waals surface area contributed by atoms with Crippen LogP contribution in [-0.4, -0.2) is 18.2 Å². The lowest BCUT2D eigenvalue weighted by Gasteiger charge is -2.12. The topological polar surface area (TPSA) is 46.5 Å². The second-order valence-electron chi connectivity index (χ2n) is 3.10. The Morgan fingerprint density at radius 2 is 2.06 bits per heavy atom. The lowest BCUT2D eigenvalue weighted by Crippen LogP contribution is -2.08. The van der Waals surface area contributed by atoms with E-state index in [1.54, 1.807) is 0 Å². The predicted molar refractivity (Wildman–Crippen MR) is 49.3 cm³/mol. The van der Waals surface area contributed by atoms with Crippen LogP contribution in [-0.2, 0) is 17.4 Å². The summed E-state index contributed by atoms with van der Waals surface area (Å²) in [5, 5.41) is 8.50. The van der Waals surface area contributed by atoms with Crippen LogP contribution in [0.2, 0.25) is 0 Å². The zero-order valence-corrected chi connectivity index (χ0v) is 8.34. The summed E-state index contributed by atoms with van der Waals surface area (Å²) in [5.41, 5.74) is -0.651. The van der Waals surface area contributed by atoms with Crippen molar-refractivity contribution in [1.29, 1.82) is 0 Å². The minimum absolute atomic E-state index is 0.261. The summed E-state index contributed by atoms with van der Waals surface area (Å²) in [5.74, 6) is -1.48. The van der Waals surface area contributed by atoms with Crippen LogP contribution < -0.4 is 4.74 Å². The average molecular weight is 234 g/mol. The monoisotopic (exact) mass is 234 g/mol. The van der Waals surface area contributed by atoms with Crippen molar-refractivity contribution in [3.8, 4) is 5.75 Å². The lowest BCUT2D eigenvalue weighted by molar-refractivity contribution is -0.138. The van der Waals surface area contributed by atoms with Crippen LogP contribution in [0.1, 0.15) is 11.1 Å². The van der Waals surface area contributed by atoms with Crippen molar-refractivity contribution in [3.05, 3.63) is 29.3 Å². The quantitative estimate of drug-likeness (QED) is 0.873. The van der Waals surface area contributed by atoms with Crippen LogP contribution in [0.15, 0.2) is 18.2 Å². The summed E-state index contributed by atoms with van der Waals surface area (Å²) in [7, 11) is 1.11. The SMILES string of the molecule is COc1cc(CC(=O)O)ccc1C(F)(F)F. The number of rotatable bonds is 3. The van der Waals surface area contributed by atoms with E-state index in [0.29, 0.717) is 0 Å². The lowest BCUT2D eigenvalue weighted by atomic mass is 10.1. The van der Waals surface area contributed by atoms with E-state index < -0.39 is 17.7 Å². The molecule has 0 aromatic heterocycles. The minimum Gasteiger partial charge on any atom is -0.496 e. The molecule has 0 aliphatic carbocycles. The fourth-order valence-electron chi connectivity index (χ4n) is 1.25. The van der Waals surface area contributed by atoms with Gasteiger partial charge in [0.25, 0.3) is 0 Å². The Hall–Kier alpha value is -1.72. The molecule has 0 saturated heterocycles.